The first-order chi connectivity index (χ1) is 6.74. The Morgan fingerprint density at radius 1 is 1.36 bits per heavy atom. The van der Waals surface area contributed by atoms with Gasteiger partial charge in [-0.3, -0.25) is 4.90 Å². The van der Waals surface area contributed by atoms with Crippen molar-refractivity contribution in [2.45, 2.75) is 12.8 Å². The Morgan fingerprint density at radius 3 is 2.50 bits per heavy atom. The minimum absolute atomic E-state index is 0.616. The predicted octanol–water partition coefficient (Wildman–Crippen LogP) is 0.695. The minimum atomic E-state index is -0.812. The fraction of sp³-hybridized carbons (Fsp3) is 0.700. The predicted molar refractivity (Wildman–Crippen MR) is 54.1 cm³/mol. The molecule has 0 radical (unpaired) electrons. The standard InChI is InChI=1S/C10H16N2O2/c1-2-3-4-5-11-6-8-12(9-7-11)10(13)14/h1H,3-9H2,(H,13,14). The van der Waals surface area contributed by atoms with Crippen LogP contribution in [0.15, 0.2) is 0 Å². The van der Waals surface area contributed by atoms with Gasteiger partial charge in [-0.05, 0) is 13.0 Å². The smallest absolute Gasteiger partial charge is 0.407 e. The van der Waals surface area contributed by atoms with Gasteiger partial charge in [0.2, 0.25) is 0 Å². The third-order valence-corrected chi connectivity index (χ3v) is 2.44. The molecule has 0 aromatic rings. The molecule has 1 aliphatic rings. The molecule has 4 heteroatoms. The molecule has 1 heterocycles. The van der Waals surface area contributed by atoms with E-state index in [9.17, 15) is 4.79 Å². The lowest BCUT2D eigenvalue weighted by Crippen LogP contribution is -2.48. The molecular formula is C10H16N2O2. The molecule has 1 amide bonds. The molecule has 0 saturated carbocycles. The first-order valence-corrected chi connectivity index (χ1v) is 4.87. The molecule has 4 nitrogen and oxygen atoms in total. The van der Waals surface area contributed by atoms with E-state index in [4.69, 9.17) is 11.5 Å². The zero-order chi connectivity index (χ0) is 10.4. The van der Waals surface area contributed by atoms with E-state index in [2.05, 4.69) is 10.8 Å². The van der Waals surface area contributed by atoms with E-state index in [1.165, 1.54) is 4.90 Å². The lowest BCUT2D eigenvalue weighted by Gasteiger charge is -2.32. The second-order valence-electron chi connectivity index (χ2n) is 3.42. The topological polar surface area (TPSA) is 43.8 Å². The Morgan fingerprint density at radius 2 is 2.00 bits per heavy atom. The van der Waals surface area contributed by atoms with E-state index in [-0.39, 0.29) is 0 Å². The van der Waals surface area contributed by atoms with Crippen LogP contribution in [0, 0.1) is 12.3 Å². The van der Waals surface area contributed by atoms with Gasteiger partial charge in [-0.2, -0.15) is 0 Å². The number of piperazine rings is 1. The highest BCUT2D eigenvalue weighted by Crippen LogP contribution is 2.03. The van der Waals surface area contributed by atoms with Crippen molar-refractivity contribution in [2.75, 3.05) is 32.7 Å². The Kier molecular flexibility index (Phi) is 4.27. The van der Waals surface area contributed by atoms with Crippen LogP contribution in [0.5, 0.6) is 0 Å². The monoisotopic (exact) mass is 196 g/mol. The van der Waals surface area contributed by atoms with Crippen molar-refractivity contribution in [1.29, 1.82) is 0 Å². The van der Waals surface area contributed by atoms with Gasteiger partial charge in [-0.1, -0.05) is 0 Å². The lowest BCUT2D eigenvalue weighted by molar-refractivity contribution is 0.105. The summed E-state index contributed by atoms with van der Waals surface area (Å²) in [5, 5.41) is 8.72. The van der Waals surface area contributed by atoms with Crippen LogP contribution in [0.1, 0.15) is 12.8 Å². The van der Waals surface area contributed by atoms with E-state index in [0.717, 1.165) is 32.5 Å². The summed E-state index contributed by atoms with van der Waals surface area (Å²) < 4.78 is 0. The Bertz CT molecular complexity index is 227. The summed E-state index contributed by atoms with van der Waals surface area (Å²) in [7, 11) is 0. The molecule has 1 N–H and O–H groups in total. The van der Waals surface area contributed by atoms with Gasteiger partial charge in [0.15, 0.2) is 0 Å². The van der Waals surface area contributed by atoms with Crippen LogP contribution in [-0.4, -0.2) is 53.7 Å². The third kappa shape index (κ3) is 3.27. The van der Waals surface area contributed by atoms with E-state index < -0.39 is 6.09 Å². The largest absolute Gasteiger partial charge is 0.465 e. The van der Waals surface area contributed by atoms with Crippen molar-refractivity contribution in [2.24, 2.45) is 0 Å². The van der Waals surface area contributed by atoms with Crippen molar-refractivity contribution in [3.63, 3.8) is 0 Å². The van der Waals surface area contributed by atoms with Crippen LogP contribution in [0.25, 0.3) is 0 Å². The molecule has 0 unspecified atom stereocenters. The second kappa shape index (κ2) is 5.51. The molecule has 0 spiro atoms. The van der Waals surface area contributed by atoms with Gasteiger partial charge < -0.3 is 10.0 Å². The molecule has 0 aromatic heterocycles. The van der Waals surface area contributed by atoms with Gasteiger partial charge in [-0.25, -0.2) is 4.79 Å². The molecule has 14 heavy (non-hydrogen) atoms. The molecule has 78 valence electrons. The van der Waals surface area contributed by atoms with Gasteiger partial charge in [0.25, 0.3) is 0 Å². The summed E-state index contributed by atoms with van der Waals surface area (Å²) >= 11 is 0. The Labute approximate surface area is 84.5 Å². The molecule has 0 bridgehead atoms. The summed E-state index contributed by atoms with van der Waals surface area (Å²) in [5.74, 6) is 2.60. The van der Waals surface area contributed by atoms with Gasteiger partial charge in [0.05, 0.1) is 0 Å². The first kappa shape index (κ1) is 10.9. The maximum Gasteiger partial charge on any atom is 0.407 e. The molecule has 1 aliphatic heterocycles. The van der Waals surface area contributed by atoms with E-state index in [1.54, 1.807) is 0 Å². The average molecular weight is 196 g/mol. The molecule has 0 aliphatic carbocycles. The SMILES string of the molecule is C#CCCCN1CCN(C(=O)O)CC1. The quantitative estimate of drug-likeness (QED) is 0.533. The van der Waals surface area contributed by atoms with E-state index >= 15 is 0 Å². The molecule has 1 rings (SSSR count). The first-order valence-electron chi connectivity index (χ1n) is 4.87. The number of hydrogen-bond acceptors (Lipinski definition) is 2. The Hall–Kier alpha value is -1.21. The molecule has 1 fully saturated rings. The summed E-state index contributed by atoms with van der Waals surface area (Å²) in [6.45, 7) is 3.88. The average Bonchev–Trinajstić information content (AvgIpc) is 2.19. The minimum Gasteiger partial charge on any atom is -0.465 e. The summed E-state index contributed by atoms with van der Waals surface area (Å²) in [5.41, 5.74) is 0. The highest BCUT2D eigenvalue weighted by atomic mass is 16.4. The molecule has 0 aromatic carbocycles. The van der Waals surface area contributed by atoms with Crippen LogP contribution in [0.4, 0.5) is 4.79 Å². The number of unbranched alkanes of at least 4 members (excludes halogenated alkanes) is 1. The van der Waals surface area contributed by atoms with Crippen LogP contribution in [0.3, 0.4) is 0 Å². The highest BCUT2D eigenvalue weighted by Gasteiger charge is 2.19. The summed E-state index contributed by atoms with van der Waals surface area (Å²) in [6.07, 6.45) is 6.15. The normalized spacial score (nSPS) is 17.8. The molecule has 0 atom stereocenters. The number of rotatable bonds is 3. The highest BCUT2D eigenvalue weighted by molar-refractivity contribution is 5.65. The third-order valence-electron chi connectivity index (χ3n) is 2.44. The fourth-order valence-electron chi connectivity index (χ4n) is 1.57. The maximum absolute atomic E-state index is 10.6. The van der Waals surface area contributed by atoms with Gasteiger partial charge in [-0.15, -0.1) is 12.3 Å². The Balaban J connectivity index is 2.16. The van der Waals surface area contributed by atoms with Gasteiger partial charge in [0, 0.05) is 32.6 Å². The number of terminal acetylenes is 1. The van der Waals surface area contributed by atoms with Crippen LogP contribution in [0.2, 0.25) is 0 Å². The number of nitrogens with zero attached hydrogens (tertiary/aromatic N) is 2. The summed E-state index contributed by atoms with van der Waals surface area (Å²) in [4.78, 5) is 14.3. The van der Waals surface area contributed by atoms with Crippen molar-refractivity contribution in [3.8, 4) is 12.3 Å². The van der Waals surface area contributed by atoms with E-state index in [0.29, 0.717) is 13.1 Å². The van der Waals surface area contributed by atoms with Crippen molar-refractivity contribution < 1.29 is 9.90 Å². The summed E-state index contributed by atoms with van der Waals surface area (Å²) in [6, 6.07) is 0. The number of hydrogen-bond donors (Lipinski definition) is 1. The van der Waals surface area contributed by atoms with Crippen LogP contribution < -0.4 is 0 Å². The van der Waals surface area contributed by atoms with Gasteiger partial charge >= 0.3 is 6.09 Å². The van der Waals surface area contributed by atoms with E-state index in [1.807, 2.05) is 0 Å². The number of carbonyl (C=O) groups is 1. The van der Waals surface area contributed by atoms with Crippen molar-refractivity contribution >= 4 is 6.09 Å². The fourth-order valence-corrected chi connectivity index (χ4v) is 1.57. The van der Waals surface area contributed by atoms with Crippen LogP contribution >= 0.6 is 0 Å². The van der Waals surface area contributed by atoms with Crippen LogP contribution in [-0.2, 0) is 0 Å². The second-order valence-corrected chi connectivity index (χ2v) is 3.42. The van der Waals surface area contributed by atoms with Crippen molar-refractivity contribution in [1.82, 2.24) is 9.80 Å². The zero-order valence-electron chi connectivity index (χ0n) is 8.28. The molecule has 1 saturated heterocycles. The number of amides is 1. The number of carboxylic acid groups (broad SMARTS) is 1. The van der Waals surface area contributed by atoms with Crippen molar-refractivity contribution in [3.05, 3.63) is 0 Å². The van der Waals surface area contributed by atoms with Gasteiger partial charge in [0.1, 0.15) is 0 Å². The zero-order valence-corrected chi connectivity index (χ0v) is 8.28. The maximum atomic E-state index is 10.6. The molecular weight excluding hydrogens is 180 g/mol. The lowest BCUT2D eigenvalue weighted by atomic mass is 10.2.